The molecule has 1 aromatic heterocycles. The molecule has 0 radical (unpaired) electrons. The average Bonchev–Trinajstić information content (AvgIpc) is 2.38. The van der Waals surface area contributed by atoms with E-state index in [1.54, 1.807) is 0 Å². The van der Waals surface area contributed by atoms with Gasteiger partial charge in [0.2, 0.25) is 0 Å². The van der Waals surface area contributed by atoms with Crippen LogP contribution in [0, 0.1) is 0 Å². The van der Waals surface area contributed by atoms with Gasteiger partial charge in [0.15, 0.2) is 0 Å². The van der Waals surface area contributed by atoms with Gasteiger partial charge in [0.1, 0.15) is 0 Å². The molecule has 1 heterocycles. The molecule has 0 saturated carbocycles. The number of rotatable bonds is 3. The lowest BCUT2D eigenvalue weighted by molar-refractivity contribution is 0.646. The van der Waals surface area contributed by atoms with Crippen LogP contribution in [0.25, 0.3) is 0 Å². The molecule has 56 valence electrons. The third kappa shape index (κ3) is 1.59. The Morgan fingerprint density at radius 1 is 1.60 bits per heavy atom. The Kier molecular flexibility index (Phi) is 2.48. The van der Waals surface area contributed by atoms with Gasteiger partial charge in [-0.25, -0.2) is 0 Å². The molecule has 0 saturated heterocycles. The highest BCUT2D eigenvalue weighted by molar-refractivity contribution is 5.08. The van der Waals surface area contributed by atoms with Crippen LogP contribution in [-0.2, 0) is 0 Å². The fourth-order valence-corrected chi connectivity index (χ4v) is 0.910. The van der Waals surface area contributed by atoms with Crippen molar-refractivity contribution in [2.45, 2.75) is 12.5 Å². The number of hydrogen-bond acceptors (Lipinski definition) is 2. The standard InChI is InChI=1S/C7H13N3/c8-4-3-6(9)7-2-1-5-10-7/h1-2,5-6,10H,3-4,8-9H2/t6-/m0/s1. The van der Waals surface area contributed by atoms with E-state index in [0.717, 1.165) is 12.1 Å². The smallest absolute Gasteiger partial charge is 0.0459 e. The van der Waals surface area contributed by atoms with E-state index in [1.165, 1.54) is 0 Å². The van der Waals surface area contributed by atoms with Crippen molar-refractivity contribution in [3.8, 4) is 0 Å². The fourth-order valence-electron chi connectivity index (χ4n) is 0.910. The molecule has 0 aliphatic rings. The van der Waals surface area contributed by atoms with Crippen molar-refractivity contribution >= 4 is 0 Å². The van der Waals surface area contributed by atoms with E-state index < -0.39 is 0 Å². The Balaban J connectivity index is 2.50. The quantitative estimate of drug-likeness (QED) is 0.566. The molecule has 3 nitrogen and oxygen atoms in total. The number of hydrogen-bond donors (Lipinski definition) is 3. The van der Waals surface area contributed by atoms with Gasteiger partial charge >= 0.3 is 0 Å². The van der Waals surface area contributed by atoms with Crippen LogP contribution < -0.4 is 11.5 Å². The molecule has 3 heteroatoms. The summed E-state index contributed by atoms with van der Waals surface area (Å²) in [4.78, 5) is 3.04. The summed E-state index contributed by atoms with van der Waals surface area (Å²) in [6, 6.07) is 3.98. The summed E-state index contributed by atoms with van der Waals surface area (Å²) in [5, 5.41) is 0. The van der Waals surface area contributed by atoms with Gasteiger partial charge in [0.25, 0.3) is 0 Å². The Morgan fingerprint density at radius 2 is 2.40 bits per heavy atom. The molecule has 0 spiro atoms. The molecule has 0 aliphatic heterocycles. The van der Waals surface area contributed by atoms with Gasteiger partial charge in [-0.1, -0.05) is 0 Å². The monoisotopic (exact) mass is 139 g/mol. The lowest BCUT2D eigenvalue weighted by Gasteiger charge is -2.06. The summed E-state index contributed by atoms with van der Waals surface area (Å²) in [6.45, 7) is 0.639. The first-order valence-corrected chi connectivity index (χ1v) is 3.43. The van der Waals surface area contributed by atoms with Crippen molar-refractivity contribution in [1.29, 1.82) is 0 Å². The fraction of sp³-hybridized carbons (Fsp3) is 0.429. The second-order valence-corrected chi connectivity index (χ2v) is 2.31. The summed E-state index contributed by atoms with van der Waals surface area (Å²) in [5.74, 6) is 0. The van der Waals surface area contributed by atoms with E-state index in [2.05, 4.69) is 4.98 Å². The second-order valence-electron chi connectivity index (χ2n) is 2.31. The molecule has 1 atom stereocenters. The normalized spacial score (nSPS) is 13.4. The summed E-state index contributed by atoms with van der Waals surface area (Å²) >= 11 is 0. The predicted octanol–water partition coefficient (Wildman–Crippen LogP) is 0.363. The van der Waals surface area contributed by atoms with E-state index in [-0.39, 0.29) is 6.04 Å². The number of aromatic amines is 1. The number of H-pyrrole nitrogens is 1. The van der Waals surface area contributed by atoms with Crippen LogP contribution in [0.5, 0.6) is 0 Å². The van der Waals surface area contributed by atoms with Crippen LogP contribution in [0.2, 0.25) is 0 Å². The van der Waals surface area contributed by atoms with E-state index in [9.17, 15) is 0 Å². The zero-order valence-electron chi connectivity index (χ0n) is 5.88. The van der Waals surface area contributed by atoms with E-state index >= 15 is 0 Å². The van der Waals surface area contributed by atoms with E-state index in [4.69, 9.17) is 11.5 Å². The average molecular weight is 139 g/mol. The minimum atomic E-state index is 0.0694. The van der Waals surface area contributed by atoms with Crippen molar-refractivity contribution in [1.82, 2.24) is 4.98 Å². The summed E-state index contributed by atoms with van der Waals surface area (Å²) < 4.78 is 0. The van der Waals surface area contributed by atoms with Gasteiger partial charge in [0.05, 0.1) is 0 Å². The first-order chi connectivity index (χ1) is 4.84. The Hall–Kier alpha value is -0.800. The topological polar surface area (TPSA) is 67.8 Å². The maximum absolute atomic E-state index is 5.74. The SMILES string of the molecule is NCC[C@H](N)c1ccc[nH]1. The van der Waals surface area contributed by atoms with Gasteiger partial charge < -0.3 is 16.5 Å². The number of nitrogens with two attached hydrogens (primary N) is 2. The molecule has 1 aromatic rings. The van der Waals surface area contributed by atoms with Gasteiger partial charge in [-0.05, 0) is 25.1 Å². The van der Waals surface area contributed by atoms with Crippen LogP contribution in [0.3, 0.4) is 0 Å². The highest BCUT2D eigenvalue weighted by Gasteiger charge is 2.03. The zero-order valence-corrected chi connectivity index (χ0v) is 5.88. The molecule has 5 N–H and O–H groups in total. The van der Waals surface area contributed by atoms with Gasteiger partial charge in [-0.2, -0.15) is 0 Å². The van der Waals surface area contributed by atoms with Crippen molar-refractivity contribution in [3.05, 3.63) is 24.0 Å². The van der Waals surface area contributed by atoms with Crippen LogP contribution in [0.15, 0.2) is 18.3 Å². The molecular formula is C7H13N3. The Bertz CT molecular complexity index is 169. The molecule has 0 unspecified atom stereocenters. The number of nitrogens with one attached hydrogen (secondary N) is 1. The maximum Gasteiger partial charge on any atom is 0.0459 e. The first kappa shape index (κ1) is 7.31. The van der Waals surface area contributed by atoms with E-state index in [1.807, 2.05) is 18.3 Å². The molecule has 10 heavy (non-hydrogen) atoms. The molecule has 0 amide bonds. The summed E-state index contributed by atoms with van der Waals surface area (Å²) in [5.41, 5.74) is 12.1. The van der Waals surface area contributed by atoms with Gasteiger partial charge in [0, 0.05) is 17.9 Å². The molecule has 1 rings (SSSR count). The van der Waals surface area contributed by atoms with Crippen LogP contribution in [-0.4, -0.2) is 11.5 Å². The van der Waals surface area contributed by atoms with Crippen molar-refractivity contribution in [3.63, 3.8) is 0 Å². The summed E-state index contributed by atoms with van der Waals surface area (Å²) in [7, 11) is 0. The van der Waals surface area contributed by atoms with Gasteiger partial charge in [-0.3, -0.25) is 0 Å². The first-order valence-electron chi connectivity index (χ1n) is 3.43. The maximum atomic E-state index is 5.74. The second kappa shape index (κ2) is 3.39. The highest BCUT2D eigenvalue weighted by Crippen LogP contribution is 2.08. The molecule has 0 bridgehead atoms. The molecule has 0 aromatic carbocycles. The van der Waals surface area contributed by atoms with Crippen molar-refractivity contribution in [2.24, 2.45) is 11.5 Å². The Morgan fingerprint density at radius 3 is 2.90 bits per heavy atom. The highest BCUT2D eigenvalue weighted by atomic mass is 14.8. The minimum absolute atomic E-state index is 0.0694. The Labute approximate surface area is 60.4 Å². The number of aromatic nitrogens is 1. The minimum Gasteiger partial charge on any atom is -0.364 e. The lowest BCUT2D eigenvalue weighted by Crippen LogP contribution is -2.15. The zero-order chi connectivity index (χ0) is 7.40. The largest absolute Gasteiger partial charge is 0.364 e. The molecular weight excluding hydrogens is 126 g/mol. The van der Waals surface area contributed by atoms with Crippen molar-refractivity contribution in [2.75, 3.05) is 6.54 Å². The van der Waals surface area contributed by atoms with Crippen LogP contribution in [0.4, 0.5) is 0 Å². The van der Waals surface area contributed by atoms with Crippen LogP contribution >= 0.6 is 0 Å². The van der Waals surface area contributed by atoms with E-state index in [0.29, 0.717) is 6.54 Å². The third-order valence-electron chi connectivity index (χ3n) is 1.50. The third-order valence-corrected chi connectivity index (χ3v) is 1.50. The van der Waals surface area contributed by atoms with Crippen molar-refractivity contribution < 1.29 is 0 Å². The van der Waals surface area contributed by atoms with Crippen LogP contribution in [0.1, 0.15) is 18.2 Å². The van der Waals surface area contributed by atoms with Gasteiger partial charge in [-0.15, -0.1) is 0 Å². The molecule has 0 aliphatic carbocycles. The predicted molar refractivity (Wildman–Crippen MR) is 41.4 cm³/mol. The lowest BCUT2D eigenvalue weighted by atomic mass is 10.1. The summed E-state index contributed by atoms with van der Waals surface area (Å²) in [6.07, 6.45) is 2.70. The molecule has 0 fully saturated rings.